The van der Waals surface area contributed by atoms with Gasteiger partial charge in [0.1, 0.15) is 0 Å². The van der Waals surface area contributed by atoms with Gasteiger partial charge in [0.25, 0.3) is 0 Å². The van der Waals surface area contributed by atoms with E-state index in [1.54, 1.807) is 0 Å². The van der Waals surface area contributed by atoms with E-state index in [0.717, 1.165) is 12.8 Å². The molecule has 7 aromatic carbocycles. The number of fused-ring (bicyclic) bond motifs is 12. The minimum Gasteiger partial charge on any atom is -0.314 e. The number of anilines is 4. The lowest BCUT2D eigenvalue weighted by Crippen LogP contribution is -2.19. The Balaban J connectivity index is 0.825. The standard InChI is InChI=1S/C79H82N4/c1-3-60(37-30-52(2)53-18-8-4-9-19-53)80(61-38-31-57(32-39-61)54-20-10-5-11-21-54)64-44-46-66-68-26-16-28-70-72-51-77-73(50-76(72)82(78(68)70)74(66)48-64)71-29-17-27-69-67-47-45-65(49-75(67)83(77)79(69)71)81(62-40-33-58(34-41-62)55-22-12-6-13-23-55)63-42-35-59(36-43-63)56-24-14-7-15-25-56/h16-17,26-46,48-51,53-56,67H,3-15,18-25,47H2,1-2H3/b52-30+,60-37+. The highest BCUT2D eigenvalue weighted by Crippen LogP contribution is 2.53. The Kier molecular flexibility index (Phi) is 13.2. The summed E-state index contributed by atoms with van der Waals surface area (Å²) in [5.74, 6) is 3.04. The summed E-state index contributed by atoms with van der Waals surface area (Å²) in [5.41, 5.74) is 23.1. The third kappa shape index (κ3) is 8.81. The number of aromatic nitrogens is 2. The number of hydrogen-bond acceptors (Lipinski definition) is 2. The molecule has 0 radical (unpaired) electrons. The van der Waals surface area contributed by atoms with E-state index in [2.05, 4.69) is 196 Å². The maximum absolute atomic E-state index is 2.68. The van der Waals surface area contributed by atoms with Crippen molar-refractivity contribution in [2.75, 3.05) is 9.80 Å². The second kappa shape index (κ2) is 21.4. The van der Waals surface area contributed by atoms with Crippen molar-refractivity contribution < 1.29 is 0 Å². The van der Waals surface area contributed by atoms with E-state index >= 15 is 0 Å². The van der Waals surface area contributed by atoms with Gasteiger partial charge in [-0.05, 0) is 190 Å². The number of para-hydroxylation sites is 2. The van der Waals surface area contributed by atoms with Gasteiger partial charge < -0.3 is 18.8 Å². The normalized spacial score (nSPS) is 19.9. The molecule has 4 heterocycles. The molecular weight excluding hydrogens is 1000 g/mol. The van der Waals surface area contributed by atoms with Crippen molar-refractivity contribution in [3.8, 4) is 0 Å². The summed E-state index contributed by atoms with van der Waals surface area (Å²) < 4.78 is 5.31. The van der Waals surface area contributed by atoms with E-state index in [0.29, 0.717) is 29.6 Å². The summed E-state index contributed by atoms with van der Waals surface area (Å²) >= 11 is 0. The summed E-state index contributed by atoms with van der Waals surface area (Å²) in [6, 6.07) is 55.9. The maximum atomic E-state index is 2.68. The van der Waals surface area contributed by atoms with E-state index in [9.17, 15) is 0 Å². The van der Waals surface area contributed by atoms with Crippen molar-refractivity contribution in [2.24, 2.45) is 5.92 Å². The molecule has 10 aromatic rings. The smallest absolute Gasteiger partial charge is 0.0620 e. The highest BCUT2D eigenvalue weighted by atomic mass is 15.2. The van der Waals surface area contributed by atoms with Gasteiger partial charge in [-0.15, -0.1) is 0 Å². The maximum Gasteiger partial charge on any atom is 0.0620 e. The summed E-state index contributed by atoms with van der Waals surface area (Å²) in [5, 5.41) is 7.98. The van der Waals surface area contributed by atoms with Gasteiger partial charge in [0.05, 0.1) is 27.6 Å². The SMILES string of the molecule is CC/C(=C\C=C(/C)C1CCCCC1)N(c1ccc(C2CCCCC2)cc1)c1ccc2c3cccc4c5cc6c(cc5n(c2c1)c34)c1cccc2c1n6C1=CC(N(c3ccc(C4CCCCC4)cc3)c3ccc(C4CCCCC4)cc3)=CCC12. The van der Waals surface area contributed by atoms with Gasteiger partial charge in [0.15, 0.2) is 0 Å². The second-order valence-corrected chi connectivity index (χ2v) is 26.4. The molecule has 4 fully saturated rings. The van der Waals surface area contributed by atoms with Crippen LogP contribution in [0.3, 0.4) is 0 Å². The molecule has 16 rings (SSSR count). The molecule has 0 bridgehead atoms. The molecule has 0 spiro atoms. The predicted octanol–water partition coefficient (Wildman–Crippen LogP) is 23.1. The zero-order valence-corrected chi connectivity index (χ0v) is 49.3. The topological polar surface area (TPSA) is 15.8 Å². The molecule has 4 nitrogen and oxygen atoms in total. The van der Waals surface area contributed by atoms with Crippen LogP contribution in [0.25, 0.3) is 65.6 Å². The van der Waals surface area contributed by atoms with Gasteiger partial charge in [-0.2, -0.15) is 0 Å². The molecule has 1 aliphatic heterocycles. The lowest BCUT2D eigenvalue weighted by Gasteiger charge is -2.31. The fraction of sp³-hybridized carbons (Fsp3) is 0.367. The van der Waals surface area contributed by atoms with E-state index in [1.807, 2.05) is 0 Å². The van der Waals surface area contributed by atoms with Crippen molar-refractivity contribution in [3.05, 3.63) is 203 Å². The molecule has 3 aromatic heterocycles. The van der Waals surface area contributed by atoms with E-state index in [1.165, 1.54) is 256 Å². The molecule has 1 atom stereocenters. The molecule has 4 saturated carbocycles. The van der Waals surface area contributed by atoms with Crippen molar-refractivity contribution in [1.82, 2.24) is 8.97 Å². The van der Waals surface area contributed by atoms with E-state index in [-0.39, 0.29) is 0 Å². The monoisotopic (exact) mass is 1090 g/mol. The Labute approximate surface area is 492 Å². The molecule has 0 amide bonds. The van der Waals surface area contributed by atoms with Gasteiger partial charge in [-0.1, -0.05) is 181 Å². The highest BCUT2D eigenvalue weighted by Gasteiger charge is 2.35. The fourth-order valence-corrected chi connectivity index (χ4v) is 17.3. The lowest BCUT2D eigenvalue weighted by atomic mass is 9.84. The van der Waals surface area contributed by atoms with Crippen LogP contribution in [0.4, 0.5) is 22.7 Å². The van der Waals surface area contributed by atoms with Crippen molar-refractivity contribution in [2.45, 2.75) is 179 Å². The molecule has 0 saturated heterocycles. The van der Waals surface area contributed by atoms with Crippen molar-refractivity contribution >= 4 is 88.3 Å². The van der Waals surface area contributed by atoms with Crippen LogP contribution in [0, 0.1) is 5.92 Å². The fourth-order valence-electron chi connectivity index (χ4n) is 17.3. The zero-order valence-electron chi connectivity index (χ0n) is 49.3. The molecule has 418 valence electrons. The first-order chi connectivity index (χ1) is 41.0. The summed E-state index contributed by atoms with van der Waals surface area (Å²) in [4.78, 5) is 5.15. The molecule has 4 heteroatoms. The Morgan fingerprint density at radius 2 is 0.964 bits per heavy atom. The number of hydrogen-bond donors (Lipinski definition) is 0. The molecule has 1 unspecified atom stereocenters. The largest absolute Gasteiger partial charge is 0.314 e. The van der Waals surface area contributed by atoms with Gasteiger partial charge >= 0.3 is 0 Å². The third-order valence-corrected chi connectivity index (χ3v) is 21.7. The van der Waals surface area contributed by atoms with Crippen LogP contribution < -0.4 is 9.80 Å². The third-order valence-electron chi connectivity index (χ3n) is 21.7. The van der Waals surface area contributed by atoms with Gasteiger partial charge in [0.2, 0.25) is 0 Å². The van der Waals surface area contributed by atoms with Gasteiger partial charge in [-0.3, -0.25) is 0 Å². The number of benzene rings is 7. The van der Waals surface area contributed by atoms with Crippen molar-refractivity contribution in [3.63, 3.8) is 0 Å². The average molecular weight is 1090 g/mol. The van der Waals surface area contributed by atoms with E-state index in [4.69, 9.17) is 0 Å². The summed E-state index contributed by atoms with van der Waals surface area (Å²) in [7, 11) is 0. The Hall–Kier alpha value is -7.30. The summed E-state index contributed by atoms with van der Waals surface area (Å²) in [6.45, 7) is 4.73. The number of allylic oxidation sites excluding steroid dienone is 7. The Bertz CT molecular complexity index is 4130. The first-order valence-electron chi connectivity index (χ1n) is 32.9. The predicted molar refractivity (Wildman–Crippen MR) is 354 cm³/mol. The van der Waals surface area contributed by atoms with Crippen LogP contribution >= 0.6 is 0 Å². The highest BCUT2D eigenvalue weighted by molar-refractivity contribution is 6.27. The van der Waals surface area contributed by atoms with Gasteiger partial charge in [0, 0.05) is 78.1 Å². The quantitative estimate of drug-likeness (QED) is 0.113. The van der Waals surface area contributed by atoms with Crippen LogP contribution in [-0.2, 0) is 0 Å². The van der Waals surface area contributed by atoms with Crippen LogP contribution in [-0.4, -0.2) is 8.97 Å². The first-order valence-corrected chi connectivity index (χ1v) is 32.9. The number of nitrogens with zero attached hydrogens (tertiary/aromatic N) is 4. The van der Waals surface area contributed by atoms with Gasteiger partial charge in [-0.25, -0.2) is 0 Å². The molecule has 83 heavy (non-hydrogen) atoms. The van der Waals surface area contributed by atoms with Crippen LogP contribution in [0.2, 0.25) is 0 Å². The van der Waals surface area contributed by atoms with Crippen LogP contribution in [0.1, 0.15) is 201 Å². The lowest BCUT2D eigenvalue weighted by molar-refractivity contribution is 0.403. The molecule has 6 aliphatic rings. The second-order valence-electron chi connectivity index (χ2n) is 26.4. The molecule has 0 N–H and O–H groups in total. The Morgan fingerprint density at radius 1 is 0.470 bits per heavy atom. The minimum atomic E-state index is 0.305. The molecule has 5 aliphatic carbocycles. The average Bonchev–Trinajstić information content (AvgIpc) is 1.64. The van der Waals surface area contributed by atoms with Crippen LogP contribution in [0.15, 0.2) is 181 Å². The Morgan fingerprint density at radius 3 is 1.55 bits per heavy atom. The molecular formula is C79H82N4. The van der Waals surface area contributed by atoms with Crippen LogP contribution in [0.5, 0.6) is 0 Å². The number of rotatable bonds is 12. The zero-order chi connectivity index (χ0) is 55.1. The minimum absolute atomic E-state index is 0.305. The van der Waals surface area contributed by atoms with E-state index < -0.39 is 0 Å². The van der Waals surface area contributed by atoms with Crippen molar-refractivity contribution in [1.29, 1.82) is 0 Å². The first kappa shape index (κ1) is 51.3. The summed E-state index contributed by atoms with van der Waals surface area (Å²) in [6.07, 6.45) is 38.8.